The van der Waals surface area contributed by atoms with E-state index in [2.05, 4.69) is 0 Å². The Balaban J connectivity index is 1.76. The van der Waals surface area contributed by atoms with Crippen LogP contribution in [0.4, 0.5) is 0 Å². The Morgan fingerprint density at radius 1 is 1.41 bits per heavy atom. The van der Waals surface area contributed by atoms with Gasteiger partial charge in [0.2, 0.25) is 5.91 Å². The summed E-state index contributed by atoms with van der Waals surface area (Å²) in [5.41, 5.74) is -0.0274. The van der Waals surface area contributed by atoms with Gasteiger partial charge in [-0.25, -0.2) is 0 Å². The Morgan fingerprint density at radius 2 is 2.18 bits per heavy atom. The molecule has 0 spiro atoms. The van der Waals surface area contributed by atoms with Crippen molar-refractivity contribution in [2.24, 2.45) is 11.3 Å². The molecule has 2 atom stereocenters. The van der Waals surface area contributed by atoms with Gasteiger partial charge < -0.3 is 19.0 Å². The van der Waals surface area contributed by atoms with Crippen LogP contribution in [0.15, 0.2) is 22.8 Å². The number of carbonyl (C=O) groups excluding carboxylic acids is 2. The van der Waals surface area contributed by atoms with E-state index in [0.717, 1.165) is 13.0 Å². The fourth-order valence-electron chi connectivity index (χ4n) is 3.79. The van der Waals surface area contributed by atoms with Gasteiger partial charge >= 0.3 is 0 Å². The summed E-state index contributed by atoms with van der Waals surface area (Å²) in [7, 11) is 1.70. The Labute approximate surface area is 130 Å². The molecule has 22 heavy (non-hydrogen) atoms. The molecular weight excluding hydrogens is 284 g/mol. The van der Waals surface area contributed by atoms with Crippen molar-refractivity contribution in [3.8, 4) is 0 Å². The Bertz CT molecular complexity index is 557. The van der Waals surface area contributed by atoms with Crippen LogP contribution >= 0.6 is 0 Å². The van der Waals surface area contributed by atoms with Gasteiger partial charge in [0.05, 0.1) is 12.9 Å². The van der Waals surface area contributed by atoms with Crippen LogP contribution in [0.3, 0.4) is 0 Å². The summed E-state index contributed by atoms with van der Waals surface area (Å²) in [4.78, 5) is 27.9. The molecule has 2 saturated heterocycles. The topological polar surface area (TPSA) is 63.0 Å². The molecule has 3 rings (SSSR count). The van der Waals surface area contributed by atoms with Gasteiger partial charge in [0, 0.05) is 51.5 Å². The second kappa shape index (κ2) is 5.76. The van der Waals surface area contributed by atoms with E-state index in [-0.39, 0.29) is 23.1 Å². The predicted octanol–water partition coefficient (Wildman–Crippen LogP) is 1.24. The molecule has 2 amide bonds. The lowest BCUT2D eigenvalue weighted by Crippen LogP contribution is -2.50. The zero-order valence-corrected chi connectivity index (χ0v) is 13.1. The van der Waals surface area contributed by atoms with Gasteiger partial charge in [-0.2, -0.15) is 0 Å². The first-order chi connectivity index (χ1) is 10.6. The average molecular weight is 306 g/mol. The molecule has 0 unspecified atom stereocenters. The van der Waals surface area contributed by atoms with E-state index in [1.807, 2.05) is 9.80 Å². The van der Waals surface area contributed by atoms with Gasteiger partial charge in [0.1, 0.15) is 0 Å². The highest BCUT2D eigenvalue weighted by molar-refractivity contribution is 5.91. The molecule has 0 saturated carbocycles. The van der Waals surface area contributed by atoms with Crippen LogP contribution in [-0.2, 0) is 9.53 Å². The van der Waals surface area contributed by atoms with E-state index in [0.29, 0.717) is 32.0 Å². The van der Waals surface area contributed by atoms with Gasteiger partial charge in [-0.3, -0.25) is 9.59 Å². The lowest BCUT2D eigenvalue weighted by Gasteiger charge is -2.42. The van der Waals surface area contributed by atoms with Gasteiger partial charge in [-0.05, 0) is 18.6 Å². The lowest BCUT2D eigenvalue weighted by atomic mass is 9.73. The molecule has 2 fully saturated rings. The van der Waals surface area contributed by atoms with E-state index >= 15 is 0 Å². The monoisotopic (exact) mass is 306 g/mol. The number of likely N-dealkylation sites (tertiary alicyclic amines) is 2. The zero-order valence-electron chi connectivity index (χ0n) is 13.1. The van der Waals surface area contributed by atoms with E-state index in [1.165, 1.54) is 6.26 Å². The number of furan rings is 1. The minimum absolute atomic E-state index is 0.0274. The van der Waals surface area contributed by atoms with Crippen molar-refractivity contribution in [1.29, 1.82) is 0 Å². The van der Waals surface area contributed by atoms with E-state index < -0.39 is 0 Å². The normalized spacial score (nSPS) is 27.8. The van der Waals surface area contributed by atoms with Crippen LogP contribution in [0.1, 0.15) is 23.9 Å². The second-order valence-electron chi connectivity index (χ2n) is 6.37. The number of fused-ring (bicyclic) bond motifs is 1. The number of hydrogen-bond acceptors (Lipinski definition) is 4. The summed E-state index contributed by atoms with van der Waals surface area (Å²) in [6.45, 7) is 4.97. The van der Waals surface area contributed by atoms with Crippen LogP contribution in [-0.4, -0.2) is 61.5 Å². The second-order valence-corrected chi connectivity index (χ2v) is 6.37. The molecule has 0 N–H and O–H groups in total. The number of ether oxygens (including phenoxy) is 1. The summed E-state index contributed by atoms with van der Waals surface area (Å²) in [5, 5.41) is 0. The van der Waals surface area contributed by atoms with Crippen molar-refractivity contribution in [2.45, 2.75) is 13.3 Å². The molecule has 6 nitrogen and oxygen atoms in total. The first kappa shape index (κ1) is 15.1. The molecule has 6 heteroatoms. The summed E-state index contributed by atoms with van der Waals surface area (Å²) in [6, 6.07) is 3.41. The highest BCUT2D eigenvalue weighted by atomic mass is 16.5. The Kier molecular flexibility index (Phi) is 3.95. The molecule has 0 aliphatic carbocycles. The van der Waals surface area contributed by atoms with Gasteiger partial charge in [0.15, 0.2) is 5.76 Å². The van der Waals surface area contributed by atoms with E-state index in [4.69, 9.17) is 9.15 Å². The molecule has 0 bridgehead atoms. The number of rotatable bonds is 3. The van der Waals surface area contributed by atoms with Crippen molar-refractivity contribution < 1.29 is 18.7 Å². The van der Waals surface area contributed by atoms with Crippen molar-refractivity contribution >= 4 is 11.8 Å². The Morgan fingerprint density at radius 3 is 2.82 bits per heavy atom. The average Bonchev–Trinajstić information content (AvgIpc) is 3.13. The molecule has 120 valence electrons. The number of nitrogens with zero attached hydrogens (tertiary/aromatic N) is 2. The molecule has 1 aromatic heterocycles. The highest BCUT2D eigenvalue weighted by Crippen LogP contribution is 2.43. The number of hydrogen-bond donors (Lipinski definition) is 0. The molecule has 2 aliphatic rings. The standard InChI is InChI=1S/C16H22N2O4/c1-12(19)18-9-13-8-17(15(20)14-4-3-7-22-14)6-5-16(13,10-18)11-21-2/h3-4,7,13H,5-6,8-11H2,1-2H3/t13-,16+/m1/s1. The van der Waals surface area contributed by atoms with E-state index in [1.54, 1.807) is 26.2 Å². The molecule has 0 radical (unpaired) electrons. The maximum atomic E-state index is 12.4. The van der Waals surface area contributed by atoms with Crippen LogP contribution in [0, 0.1) is 11.3 Å². The lowest BCUT2D eigenvalue weighted by molar-refractivity contribution is -0.128. The quantitative estimate of drug-likeness (QED) is 0.843. The minimum Gasteiger partial charge on any atom is -0.459 e. The van der Waals surface area contributed by atoms with Gasteiger partial charge in [0.25, 0.3) is 5.91 Å². The summed E-state index contributed by atoms with van der Waals surface area (Å²) in [5.74, 6) is 0.649. The third kappa shape index (κ3) is 2.52. The van der Waals surface area contributed by atoms with E-state index in [9.17, 15) is 9.59 Å². The van der Waals surface area contributed by atoms with Crippen molar-refractivity contribution in [2.75, 3.05) is 39.9 Å². The summed E-state index contributed by atoms with van der Waals surface area (Å²) >= 11 is 0. The number of amides is 2. The van der Waals surface area contributed by atoms with Crippen molar-refractivity contribution in [3.05, 3.63) is 24.2 Å². The smallest absolute Gasteiger partial charge is 0.289 e. The molecule has 1 aromatic rings. The minimum atomic E-state index is -0.0720. The number of carbonyl (C=O) groups is 2. The molecule has 2 aliphatic heterocycles. The number of piperidine rings is 1. The largest absolute Gasteiger partial charge is 0.459 e. The van der Waals surface area contributed by atoms with Gasteiger partial charge in [-0.15, -0.1) is 0 Å². The van der Waals surface area contributed by atoms with Crippen LogP contribution in [0.2, 0.25) is 0 Å². The maximum Gasteiger partial charge on any atom is 0.289 e. The van der Waals surface area contributed by atoms with Gasteiger partial charge in [-0.1, -0.05) is 0 Å². The van der Waals surface area contributed by atoms with Crippen molar-refractivity contribution in [3.63, 3.8) is 0 Å². The third-order valence-corrected chi connectivity index (χ3v) is 5.03. The Hall–Kier alpha value is -1.82. The summed E-state index contributed by atoms with van der Waals surface area (Å²) < 4.78 is 10.6. The molecular formula is C16H22N2O4. The summed E-state index contributed by atoms with van der Waals surface area (Å²) in [6.07, 6.45) is 2.36. The first-order valence-electron chi connectivity index (χ1n) is 7.63. The van der Waals surface area contributed by atoms with Crippen LogP contribution < -0.4 is 0 Å². The number of methoxy groups -OCH3 is 1. The fourth-order valence-corrected chi connectivity index (χ4v) is 3.79. The SMILES string of the molecule is COC[C@@]12CCN(C(=O)c3ccco3)C[C@@H]1CN(C(C)=O)C2. The van der Waals surface area contributed by atoms with Crippen LogP contribution in [0.5, 0.6) is 0 Å². The molecule has 0 aromatic carbocycles. The third-order valence-electron chi connectivity index (χ3n) is 5.03. The maximum absolute atomic E-state index is 12.4. The fraction of sp³-hybridized carbons (Fsp3) is 0.625. The zero-order chi connectivity index (χ0) is 15.7. The van der Waals surface area contributed by atoms with Crippen molar-refractivity contribution in [1.82, 2.24) is 9.80 Å². The predicted molar refractivity (Wildman–Crippen MR) is 79.3 cm³/mol. The first-order valence-corrected chi connectivity index (χ1v) is 7.63. The molecule has 3 heterocycles. The highest BCUT2D eigenvalue weighted by Gasteiger charge is 2.51. The van der Waals surface area contributed by atoms with Crippen LogP contribution in [0.25, 0.3) is 0 Å².